The number of nitrogens with zero attached hydrogens (tertiary/aromatic N) is 1. The third-order valence-electron chi connectivity index (χ3n) is 5.53. The number of ether oxygens (including phenoxy) is 1. The van der Waals surface area contributed by atoms with E-state index in [9.17, 15) is 0 Å². The second-order valence-corrected chi connectivity index (χ2v) is 7.32. The van der Waals surface area contributed by atoms with Crippen LogP contribution in [0, 0.1) is 5.41 Å². The second kappa shape index (κ2) is 9.08. The first-order valence-electron chi connectivity index (χ1n) is 9.83. The highest BCUT2D eigenvalue weighted by Crippen LogP contribution is 2.40. The third-order valence-corrected chi connectivity index (χ3v) is 5.53. The molecule has 0 amide bonds. The molecule has 0 aliphatic heterocycles. The minimum atomic E-state index is 0.355. The molecule has 0 saturated heterocycles. The van der Waals surface area contributed by atoms with E-state index < -0.39 is 0 Å². The standard InChI is InChI=1S/C21H32N4O/c1-3-26-13-12-21(10-6-7-11-21)16-24-20(22-2)23-15-18-14-17-8-4-5-9-19(17)25-18/h4-5,8-9,14,25H,3,6-7,10-13,15-16H2,1-2H3,(H2,22,23,24). The number of nitrogens with one attached hydrogen (secondary N) is 3. The smallest absolute Gasteiger partial charge is 0.191 e. The van der Waals surface area contributed by atoms with Crippen LogP contribution in [0.1, 0.15) is 44.7 Å². The molecule has 0 spiro atoms. The molecule has 1 fully saturated rings. The Morgan fingerprint density at radius 3 is 2.77 bits per heavy atom. The molecular weight excluding hydrogens is 324 g/mol. The van der Waals surface area contributed by atoms with Gasteiger partial charge in [-0.25, -0.2) is 0 Å². The summed E-state index contributed by atoms with van der Waals surface area (Å²) in [6, 6.07) is 10.5. The second-order valence-electron chi connectivity index (χ2n) is 7.32. The van der Waals surface area contributed by atoms with E-state index in [-0.39, 0.29) is 0 Å². The van der Waals surface area contributed by atoms with Crippen LogP contribution in [0.4, 0.5) is 0 Å². The van der Waals surface area contributed by atoms with Gasteiger partial charge >= 0.3 is 0 Å². The van der Waals surface area contributed by atoms with Crippen LogP contribution in [-0.4, -0.2) is 37.7 Å². The number of benzene rings is 1. The summed E-state index contributed by atoms with van der Waals surface area (Å²) in [5, 5.41) is 8.23. The highest BCUT2D eigenvalue weighted by atomic mass is 16.5. The summed E-state index contributed by atoms with van der Waals surface area (Å²) in [5.41, 5.74) is 2.70. The summed E-state index contributed by atoms with van der Waals surface area (Å²) in [6.07, 6.45) is 6.36. The van der Waals surface area contributed by atoms with Crippen LogP contribution in [0.25, 0.3) is 10.9 Å². The van der Waals surface area contributed by atoms with Crippen molar-refractivity contribution in [3.8, 4) is 0 Å². The van der Waals surface area contributed by atoms with E-state index in [2.05, 4.69) is 57.9 Å². The van der Waals surface area contributed by atoms with Crippen LogP contribution in [0.15, 0.2) is 35.3 Å². The lowest BCUT2D eigenvalue weighted by Crippen LogP contribution is -2.43. The molecule has 0 unspecified atom stereocenters. The van der Waals surface area contributed by atoms with Crippen molar-refractivity contribution in [3.63, 3.8) is 0 Å². The number of fused-ring (bicyclic) bond motifs is 1. The molecule has 1 saturated carbocycles. The quantitative estimate of drug-likeness (QED) is 0.383. The van der Waals surface area contributed by atoms with Gasteiger partial charge in [0.1, 0.15) is 0 Å². The monoisotopic (exact) mass is 356 g/mol. The summed E-state index contributed by atoms with van der Waals surface area (Å²) < 4.78 is 5.61. The molecule has 3 N–H and O–H groups in total. The van der Waals surface area contributed by atoms with Gasteiger partial charge in [0.25, 0.3) is 0 Å². The van der Waals surface area contributed by atoms with Gasteiger partial charge in [0.05, 0.1) is 6.54 Å². The average molecular weight is 357 g/mol. The number of H-pyrrole nitrogens is 1. The number of guanidine groups is 1. The first kappa shape index (κ1) is 18.8. The summed E-state index contributed by atoms with van der Waals surface area (Å²) >= 11 is 0. The fourth-order valence-corrected chi connectivity index (χ4v) is 3.97. The van der Waals surface area contributed by atoms with Gasteiger partial charge < -0.3 is 20.4 Å². The van der Waals surface area contributed by atoms with E-state index in [1.54, 1.807) is 0 Å². The molecule has 0 radical (unpaired) electrons. The van der Waals surface area contributed by atoms with Gasteiger partial charge in [0.15, 0.2) is 5.96 Å². The number of para-hydroxylation sites is 1. The van der Waals surface area contributed by atoms with Gasteiger partial charge in [0, 0.05) is 38.0 Å². The minimum absolute atomic E-state index is 0.355. The molecule has 5 nitrogen and oxygen atoms in total. The number of hydrogen-bond acceptors (Lipinski definition) is 2. The van der Waals surface area contributed by atoms with Crippen LogP contribution in [0.5, 0.6) is 0 Å². The fourth-order valence-electron chi connectivity index (χ4n) is 3.97. The van der Waals surface area contributed by atoms with E-state index in [0.29, 0.717) is 5.41 Å². The van der Waals surface area contributed by atoms with Gasteiger partial charge in [-0.3, -0.25) is 4.99 Å². The van der Waals surface area contributed by atoms with Crippen LogP contribution in [0.2, 0.25) is 0 Å². The van der Waals surface area contributed by atoms with E-state index in [0.717, 1.165) is 38.7 Å². The zero-order valence-corrected chi connectivity index (χ0v) is 16.1. The molecule has 3 rings (SSSR count). The molecule has 26 heavy (non-hydrogen) atoms. The van der Waals surface area contributed by atoms with Gasteiger partial charge in [0.2, 0.25) is 0 Å². The number of aromatic amines is 1. The minimum Gasteiger partial charge on any atom is -0.382 e. The van der Waals surface area contributed by atoms with Crippen molar-refractivity contribution in [1.29, 1.82) is 0 Å². The molecule has 5 heteroatoms. The van der Waals surface area contributed by atoms with E-state index in [1.165, 1.54) is 42.3 Å². The van der Waals surface area contributed by atoms with Crippen molar-refractivity contribution in [1.82, 2.24) is 15.6 Å². The number of rotatable bonds is 8. The Morgan fingerprint density at radius 1 is 1.23 bits per heavy atom. The van der Waals surface area contributed by atoms with E-state index in [1.807, 2.05) is 7.05 Å². The zero-order chi connectivity index (χ0) is 18.2. The van der Waals surface area contributed by atoms with E-state index >= 15 is 0 Å². The van der Waals surface area contributed by atoms with Crippen molar-refractivity contribution in [3.05, 3.63) is 36.0 Å². The van der Waals surface area contributed by atoms with Gasteiger partial charge in [-0.15, -0.1) is 0 Å². The number of aromatic nitrogens is 1. The largest absolute Gasteiger partial charge is 0.382 e. The molecule has 1 aromatic heterocycles. The maximum atomic E-state index is 5.61. The lowest BCUT2D eigenvalue weighted by molar-refractivity contribution is 0.105. The molecule has 1 aromatic carbocycles. The Kier molecular flexibility index (Phi) is 6.56. The highest BCUT2D eigenvalue weighted by molar-refractivity contribution is 5.81. The lowest BCUT2D eigenvalue weighted by Gasteiger charge is -2.30. The molecule has 142 valence electrons. The Bertz CT molecular complexity index is 683. The fraction of sp³-hybridized carbons (Fsp3) is 0.571. The van der Waals surface area contributed by atoms with Crippen molar-refractivity contribution in [2.45, 2.75) is 45.6 Å². The van der Waals surface area contributed by atoms with Crippen LogP contribution >= 0.6 is 0 Å². The number of aliphatic imine (C=N–C) groups is 1. The van der Waals surface area contributed by atoms with Gasteiger partial charge in [-0.1, -0.05) is 31.0 Å². The highest BCUT2D eigenvalue weighted by Gasteiger charge is 2.33. The maximum Gasteiger partial charge on any atom is 0.191 e. The lowest BCUT2D eigenvalue weighted by atomic mass is 9.83. The summed E-state index contributed by atoms with van der Waals surface area (Å²) in [5.74, 6) is 0.867. The van der Waals surface area contributed by atoms with Gasteiger partial charge in [-0.05, 0) is 49.1 Å². The summed E-state index contributed by atoms with van der Waals surface area (Å²) in [6.45, 7) is 5.43. The molecule has 1 aliphatic carbocycles. The van der Waals surface area contributed by atoms with Crippen LogP contribution in [-0.2, 0) is 11.3 Å². The van der Waals surface area contributed by atoms with E-state index in [4.69, 9.17) is 4.74 Å². The predicted octanol–water partition coefficient (Wildman–Crippen LogP) is 3.82. The van der Waals surface area contributed by atoms with Crippen LogP contribution < -0.4 is 10.6 Å². The average Bonchev–Trinajstić information content (AvgIpc) is 3.29. The molecule has 2 aromatic rings. The van der Waals surface area contributed by atoms with Crippen molar-refractivity contribution >= 4 is 16.9 Å². The van der Waals surface area contributed by atoms with Crippen molar-refractivity contribution in [2.24, 2.45) is 10.4 Å². The third kappa shape index (κ3) is 4.79. The van der Waals surface area contributed by atoms with Crippen molar-refractivity contribution in [2.75, 3.05) is 26.8 Å². The predicted molar refractivity (Wildman–Crippen MR) is 109 cm³/mol. The summed E-state index contributed by atoms with van der Waals surface area (Å²) in [7, 11) is 1.84. The molecule has 0 atom stereocenters. The molecular formula is C21H32N4O. The number of hydrogen-bond donors (Lipinski definition) is 3. The Hall–Kier alpha value is -2.01. The maximum absolute atomic E-state index is 5.61. The topological polar surface area (TPSA) is 61.4 Å². The van der Waals surface area contributed by atoms with Gasteiger partial charge in [-0.2, -0.15) is 0 Å². The Morgan fingerprint density at radius 2 is 2.04 bits per heavy atom. The van der Waals surface area contributed by atoms with Crippen LogP contribution in [0.3, 0.4) is 0 Å². The normalized spacial score (nSPS) is 16.9. The zero-order valence-electron chi connectivity index (χ0n) is 16.1. The SMILES string of the molecule is CCOCCC1(CNC(=NC)NCc2cc3ccccc3[nH]2)CCCC1. The first-order valence-corrected chi connectivity index (χ1v) is 9.83. The van der Waals surface area contributed by atoms with Crippen molar-refractivity contribution < 1.29 is 4.74 Å². The molecule has 1 heterocycles. The Labute approximate surface area is 156 Å². The Balaban J connectivity index is 1.52. The first-order chi connectivity index (χ1) is 12.7. The summed E-state index contributed by atoms with van der Waals surface area (Å²) in [4.78, 5) is 7.85. The molecule has 0 bridgehead atoms. The molecule has 1 aliphatic rings.